The van der Waals surface area contributed by atoms with Crippen molar-refractivity contribution in [2.24, 2.45) is 0 Å². The SMILES string of the molecule is C#CCCC(NCCC)c1ccc(F)c(F)c1F. The average Bonchev–Trinajstić information content (AvgIpc) is 2.37. The van der Waals surface area contributed by atoms with Gasteiger partial charge in [-0.25, -0.2) is 13.2 Å². The number of benzene rings is 1. The van der Waals surface area contributed by atoms with Crippen LogP contribution in [0.5, 0.6) is 0 Å². The van der Waals surface area contributed by atoms with Gasteiger partial charge in [0.05, 0.1) is 0 Å². The van der Waals surface area contributed by atoms with Crippen LogP contribution in [0.2, 0.25) is 0 Å². The minimum atomic E-state index is -1.43. The van der Waals surface area contributed by atoms with Crippen LogP contribution in [0.3, 0.4) is 0 Å². The highest BCUT2D eigenvalue weighted by atomic mass is 19.2. The van der Waals surface area contributed by atoms with E-state index in [1.165, 1.54) is 6.07 Å². The highest BCUT2D eigenvalue weighted by Gasteiger charge is 2.19. The van der Waals surface area contributed by atoms with Crippen LogP contribution in [0.1, 0.15) is 37.8 Å². The van der Waals surface area contributed by atoms with Crippen LogP contribution in [-0.4, -0.2) is 6.54 Å². The Morgan fingerprint density at radius 3 is 2.61 bits per heavy atom. The van der Waals surface area contributed by atoms with Gasteiger partial charge in [-0.15, -0.1) is 12.3 Å². The maximum absolute atomic E-state index is 13.7. The number of hydrogen-bond donors (Lipinski definition) is 1. The van der Waals surface area contributed by atoms with Crippen molar-refractivity contribution in [1.82, 2.24) is 5.32 Å². The van der Waals surface area contributed by atoms with Crippen LogP contribution >= 0.6 is 0 Å². The molecule has 0 saturated heterocycles. The van der Waals surface area contributed by atoms with E-state index in [4.69, 9.17) is 6.42 Å². The van der Waals surface area contributed by atoms with Crippen LogP contribution in [0.4, 0.5) is 13.2 Å². The summed E-state index contributed by atoms with van der Waals surface area (Å²) >= 11 is 0. The molecule has 0 amide bonds. The second-order valence-corrected chi connectivity index (χ2v) is 4.01. The lowest BCUT2D eigenvalue weighted by Crippen LogP contribution is -2.23. The van der Waals surface area contributed by atoms with Crippen molar-refractivity contribution in [1.29, 1.82) is 0 Å². The van der Waals surface area contributed by atoms with Gasteiger partial charge >= 0.3 is 0 Å². The smallest absolute Gasteiger partial charge is 0.194 e. The molecule has 0 saturated carbocycles. The largest absolute Gasteiger partial charge is 0.310 e. The standard InChI is InChI=1S/C14H16F3N/c1-3-5-6-12(18-9-4-2)10-7-8-11(15)14(17)13(10)16/h1,7-8,12,18H,4-6,9H2,2H3. The lowest BCUT2D eigenvalue weighted by Gasteiger charge is -2.19. The molecule has 1 atom stereocenters. The van der Waals surface area contributed by atoms with Crippen molar-refractivity contribution >= 4 is 0 Å². The normalized spacial score (nSPS) is 12.2. The monoisotopic (exact) mass is 255 g/mol. The summed E-state index contributed by atoms with van der Waals surface area (Å²) in [6, 6.07) is 1.80. The van der Waals surface area contributed by atoms with Crippen LogP contribution in [0, 0.1) is 29.8 Å². The van der Waals surface area contributed by atoms with Gasteiger partial charge in [-0.05, 0) is 25.5 Å². The average molecular weight is 255 g/mol. The summed E-state index contributed by atoms with van der Waals surface area (Å²) in [5.41, 5.74) is 0.123. The van der Waals surface area contributed by atoms with E-state index in [-0.39, 0.29) is 5.56 Å². The molecule has 0 aliphatic rings. The lowest BCUT2D eigenvalue weighted by atomic mass is 10.0. The predicted molar refractivity (Wildman–Crippen MR) is 65.4 cm³/mol. The van der Waals surface area contributed by atoms with E-state index in [2.05, 4.69) is 11.2 Å². The topological polar surface area (TPSA) is 12.0 Å². The van der Waals surface area contributed by atoms with E-state index < -0.39 is 23.5 Å². The third-order valence-corrected chi connectivity index (χ3v) is 2.66. The van der Waals surface area contributed by atoms with E-state index in [0.717, 1.165) is 12.5 Å². The van der Waals surface area contributed by atoms with Crippen molar-refractivity contribution in [3.05, 3.63) is 35.1 Å². The summed E-state index contributed by atoms with van der Waals surface area (Å²) < 4.78 is 39.7. The van der Waals surface area contributed by atoms with E-state index in [0.29, 0.717) is 19.4 Å². The number of rotatable bonds is 6. The summed E-state index contributed by atoms with van der Waals surface area (Å²) in [7, 11) is 0. The fourth-order valence-electron chi connectivity index (χ4n) is 1.72. The first-order chi connectivity index (χ1) is 8.61. The number of nitrogens with one attached hydrogen (secondary N) is 1. The van der Waals surface area contributed by atoms with Gasteiger partial charge in [0.15, 0.2) is 17.5 Å². The molecule has 18 heavy (non-hydrogen) atoms. The van der Waals surface area contributed by atoms with Crippen molar-refractivity contribution in [2.45, 2.75) is 32.2 Å². The van der Waals surface area contributed by atoms with Crippen LogP contribution < -0.4 is 5.32 Å². The molecule has 0 aromatic heterocycles. The molecule has 1 aromatic rings. The zero-order valence-corrected chi connectivity index (χ0v) is 10.3. The second kappa shape index (κ2) is 7.07. The maximum Gasteiger partial charge on any atom is 0.194 e. The van der Waals surface area contributed by atoms with Crippen LogP contribution in [0.15, 0.2) is 12.1 Å². The van der Waals surface area contributed by atoms with E-state index >= 15 is 0 Å². The molecule has 0 aliphatic carbocycles. The zero-order chi connectivity index (χ0) is 13.5. The molecule has 0 spiro atoms. The summed E-state index contributed by atoms with van der Waals surface area (Å²) in [5.74, 6) is -1.29. The number of hydrogen-bond acceptors (Lipinski definition) is 1. The Balaban J connectivity index is 2.97. The van der Waals surface area contributed by atoms with Gasteiger partial charge in [0.2, 0.25) is 0 Å². The molecule has 0 bridgehead atoms. The first-order valence-corrected chi connectivity index (χ1v) is 5.92. The quantitative estimate of drug-likeness (QED) is 0.605. The zero-order valence-electron chi connectivity index (χ0n) is 10.3. The fraction of sp³-hybridized carbons (Fsp3) is 0.429. The van der Waals surface area contributed by atoms with Crippen LogP contribution in [0.25, 0.3) is 0 Å². The molecule has 1 rings (SSSR count). The molecular formula is C14H16F3N. The fourth-order valence-corrected chi connectivity index (χ4v) is 1.72. The molecule has 0 fully saturated rings. The summed E-state index contributed by atoms with van der Waals surface area (Å²) in [6.45, 7) is 2.63. The van der Waals surface area contributed by atoms with Crippen molar-refractivity contribution in [2.75, 3.05) is 6.54 Å². The first-order valence-electron chi connectivity index (χ1n) is 5.92. The molecule has 0 radical (unpaired) electrons. The van der Waals surface area contributed by atoms with Gasteiger partial charge in [0.25, 0.3) is 0 Å². The van der Waals surface area contributed by atoms with Gasteiger partial charge in [0, 0.05) is 18.0 Å². The van der Waals surface area contributed by atoms with Crippen molar-refractivity contribution in [3.63, 3.8) is 0 Å². The predicted octanol–water partition coefficient (Wildman–Crippen LogP) is 3.56. The van der Waals surface area contributed by atoms with Gasteiger partial charge in [-0.1, -0.05) is 13.0 Å². The van der Waals surface area contributed by atoms with E-state index in [1.54, 1.807) is 0 Å². The Morgan fingerprint density at radius 2 is 2.00 bits per heavy atom. The van der Waals surface area contributed by atoms with Gasteiger partial charge in [-0.3, -0.25) is 0 Å². The third-order valence-electron chi connectivity index (χ3n) is 2.66. The van der Waals surface area contributed by atoms with Gasteiger partial charge < -0.3 is 5.32 Å². The Hall–Kier alpha value is -1.47. The Labute approximate surface area is 105 Å². The first kappa shape index (κ1) is 14.6. The molecule has 1 nitrogen and oxygen atoms in total. The maximum atomic E-state index is 13.7. The molecular weight excluding hydrogens is 239 g/mol. The van der Waals surface area contributed by atoms with E-state index in [1.807, 2.05) is 6.92 Å². The summed E-state index contributed by atoms with van der Waals surface area (Å²) in [5, 5.41) is 3.08. The Kier molecular flexibility index (Phi) is 5.73. The van der Waals surface area contributed by atoms with Crippen molar-refractivity contribution < 1.29 is 13.2 Å². The molecule has 1 unspecified atom stereocenters. The minimum absolute atomic E-state index is 0.123. The molecule has 0 aliphatic heterocycles. The lowest BCUT2D eigenvalue weighted by molar-refractivity contribution is 0.418. The minimum Gasteiger partial charge on any atom is -0.310 e. The van der Waals surface area contributed by atoms with Crippen LogP contribution in [-0.2, 0) is 0 Å². The molecule has 1 N–H and O–H groups in total. The molecule has 0 heterocycles. The number of terminal acetylenes is 1. The molecule has 1 aromatic carbocycles. The highest BCUT2D eigenvalue weighted by molar-refractivity contribution is 5.24. The third kappa shape index (κ3) is 3.51. The number of halogens is 3. The van der Waals surface area contributed by atoms with E-state index in [9.17, 15) is 13.2 Å². The summed E-state index contributed by atoms with van der Waals surface area (Å²) in [6.07, 6.45) is 6.96. The van der Waals surface area contributed by atoms with Gasteiger partial charge in [-0.2, -0.15) is 0 Å². The highest BCUT2D eigenvalue weighted by Crippen LogP contribution is 2.24. The molecule has 98 valence electrons. The molecule has 4 heteroatoms. The second-order valence-electron chi connectivity index (χ2n) is 4.01. The van der Waals surface area contributed by atoms with Crippen molar-refractivity contribution in [3.8, 4) is 12.3 Å². The Morgan fingerprint density at radius 1 is 1.28 bits per heavy atom. The Bertz CT molecular complexity index is 437. The summed E-state index contributed by atoms with van der Waals surface area (Å²) in [4.78, 5) is 0. The van der Waals surface area contributed by atoms with Gasteiger partial charge in [0.1, 0.15) is 0 Å².